The van der Waals surface area contributed by atoms with Crippen molar-refractivity contribution in [3.63, 3.8) is 0 Å². The van der Waals surface area contributed by atoms with Crippen LogP contribution < -0.4 is 5.73 Å². The molecule has 3 rings (SSSR count). The van der Waals surface area contributed by atoms with Crippen molar-refractivity contribution in [3.8, 4) is 0 Å². The van der Waals surface area contributed by atoms with Crippen LogP contribution in [0.25, 0.3) is 11.0 Å². The van der Waals surface area contributed by atoms with Gasteiger partial charge in [-0.1, -0.05) is 17.7 Å². The molecule has 0 amide bonds. The van der Waals surface area contributed by atoms with Gasteiger partial charge in [0, 0.05) is 38.0 Å². The number of hydrogen-bond donors (Lipinski definition) is 2. The number of rotatable bonds is 5. The van der Waals surface area contributed by atoms with Crippen LogP contribution in [-0.4, -0.2) is 43.2 Å². The van der Waals surface area contributed by atoms with Gasteiger partial charge in [-0.3, -0.25) is 4.79 Å². The number of nitrogens with zero attached hydrogens (tertiary/aromatic N) is 2. The fourth-order valence-corrected chi connectivity index (χ4v) is 3.99. The van der Waals surface area contributed by atoms with E-state index in [-0.39, 0.29) is 26.8 Å². The number of nitrogens with two attached hydrogens (primary N) is 1. The van der Waals surface area contributed by atoms with Gasteiger partial charge in [0.25, 0.3) is 0 Å². The molecule has 7 nitrogen and oxygen atoms in total. The van der Waals surface area contributed by atoms with Crippen molar-refractivity contribution >= 4 is 32.3 Å². The number of aryl methyl sites for hydroxylation is 1. The second-order valence-electron chi connectivity index (χ2n) is 6.41. The highest BCUT2D eigenvalue weighted by molar-refractivity contribution is 7.91. The summed E-state index contributed by atoms with van der Waals surface area (Å²) in [4.78, 5) is 21.5. The summed E-state index contributed by atoms with van der Waals surface area (Å²) in [5.74, 6) is -0.395. The molecule has 0 radical (unpaired) electrons. The lowest BCUT2D eigenvalue weighted by Crippen LogP contribution is -2.13. The van der Waals surface area contributed by atoms with E-state index < -0.39 is 15.6 Å². The van der Waals surface area contributed by atoms with Crippen molar-refractivity contribution < 1.29 is 13.2 Å². The Kier molecular flexibility index (Phi) is 4.75. The Labute approximate surface area is 157 Å². The molecule has 0 saturated carbocycles. The summed E-state index contributed by atoms with van der Waals surface area (Å²) in [7, 11) is -0.433. The Bertz CT molecular complexity index is 1140. The van der Waals surface area contributed by atoms with E-state index in [9.17, 15) is 13.2 Å². The maximum atomic E-state index is 13.1. The first kappa shape index (κ1) is 18.7. The monoisotopic (exact) mass is 384 g/mol. The second-order valence-corrected chi connectivity index (χ2v) is 8.27. The lowest BCUT2D eigenvalue weighted by atomic mass is 10.1. The number of nitrogen functional groups attached to an aromatic ring is 1. The van der Waals surface area contributed by atoms with Gasteiger partial charge in [-0.05, 0) is 25.1 Å². The Hall–Kier alpha value is -3.13. The molecule has 8 heteroatoms. The molecule has 0 bridgehead atoms. The van der Waals surface area contributed by atoms with Crippen LogP contribution in [0, 0.1) is 6.92 Å². The van der Waals surface area contributed by atoms with Gasteiger partial charge in [0.2, 0.25) is 9.84 Å². The van der Waals surface area contributed by atoms with Gasteiger partial charge >= 0.3 is 0 Å². The fourth-order valence-electron chi connectivity index (χ4n) is 2.67. The molecule has 0 fully saturated rings. The molecule has 0 aliphatic rings. The number of sulfone groups is 1. The van der Waals surface area contributed by atoms with E-state index in [4.69, 9.17) is 5.73 Å². The summed E-state index contributed by atoms with van der Waals surface area (Å²) in [6.45, 7) is 1.86. The summed E-state index contributed by atoms with van der Waals surface area (Å²) in [6, 6.07) is 8.04. The number of hydrogen-bond acceptors (Lipinski definition) is 6. The standard InChI is InChI=1S/C19H20N4O3S/c1-12-4-6-13(7-5-12)27(25,26)19-17(20)16(15(24)9-11-23(2)3)14-8-10-21-18(14)22-19/h4-11H,20H2,1-3H3,(H,21,22)/b11-9+. The molecule has 3 aromatic rings. The van der Waals surface area contributed by atoms with Crippen molar-refractivity contribution in [3.05, 3.63) is 59.9 Å². The topological polar surface area (TPSA) is 109 Å². The minimum absolute atomic E-state index is 0.0699. The molecule has 3 N–H and O–H groups in total. The van der Waals surface area contributed by atoms with E-state index >= 15 is 0 Å². The number of aromatic amines is 1. The third kappa shape index (κ3) is 3.43. The number of fused-ring (bicyclic) bond motifs is 1. The quantitative estimate of drug-likeness (QED) is 0.517. The summed E-state index contributed by atoms with van der Waals surface area (Å²) in [6.07, 6.45) is 4.51. The molecule has 0 aliphatic heterocycles. The first-order valence-electron chi connectivity index (χ1n) is 8.19. The average Bonchev–Trinajstić information content (AvgIpc) is 3.07. The van der Waals surface area contributed by atoms with Gasteiger partial charge in [0.1, 0.15) is 5.65 Å². The number of anilines is 1. The summed E-state index contributed by atoms with van der Waals surface area (Å²) < 4.78 is 26.2. The Morgan fingerprint density at radius 3 is 2.48 bits per heavy atom. The third-order valence-electron chi connectivity index (χ3n) is 4.06. The maximum Gasteiger partial charge on any atom is 0.226 e. The minimum Gasteiger partial charge on any atom is -0.396 e. The van der Waals surface area contributed by atoms with Crippen LogP contribution >= 0.6 is 0 Å². The van der Waals surface area contributed by atoms with Crippen LogP contribution in [0.1, 0.15) is 15.9 Å². The van der Waals surface area contributed by atoms with Crippen LogP contribution in [0.4, 0.5) is 5.69 Å². The van der Waals surface area contributed by atoms with Gasteiger partial charge in [0.05, 0.1) is 16.1 Å². The molecule has 27 heavy (non-hydrogen) atoms. The van der Waals surface area contributed by atoms with Crippen molar-refractivity contribution in [2.75, 3.05) is 19.8 Å². The van der Waals surface area contributed by atoms with Crippen LogP contribution in [0.3, 0.4) is 0 Å². The second kappa shape index (κ2) is 6.88. The van der Waals surface area contributed by atoms with Crippen LogP contribution in [0.15, 0.2) is 58.7 Å². The number of ketones is 1. The number of carbonyl (C=O) groups is 1. The molecule has 0 spiro atoms. The predicted molar refractivity (Wildman–Crippen MR) is 104 cm³/mol. The maximum absolute atomic E-state index is 13.1. The summed E-state index contributed by atoms with van der Waals surface area (Å²) in [5, 5.41) is 0.145. The molecule has 140 valence electrons. The van der Waals surface area contributed by atoms with Crippen molar-refractivity contribution in [1.29, 1.82) is 0 Å². The molecular weight excluding hydrogens is 364 g/mol. The Morgan fingerprint density at radius 2 is 1.85 bits per heavy atom. The van der Waals surface area contributed by atoms with Gasteiger partial charge < -0.3 is 15.6 Å². The smallest absolute Gasteiger partial charge is 0.226 e. The highest BCUT2D eigenvalue weighted by atomic mass is 32.2. The fraction of sp³-hybridized carbons (Fsp3) is 0.158. The van der Waals surface area contributed by atoms with Crippen molar-refractivity contribution in [1.82, 2.24) is 14.9 Å². The van der Waals surface area contributed by atoms with Gasteiger partial charge in [-0.25, -0.2) is 13.4 Å². The lowest BCUT2D eigenvalue weighted by molar-refractivity contribution is 0.104. The number of pyridine rings is 1. The zero-order chi connectivity index (χ0) is 19.8. The van der Waals surface area contributed by atoms with Gasteiger partial charge in [-0.2, -0.15) is 0 Å². The molecule has 2 aromatic heterocycles. The molecule has 2 heterocycles. The number of aromatic nitrogens is 2. The molecule has 0 unspecified atom stereocenters. The van der Waals surface area contributed by atoms with Gasteiger partial charge in [-0.15, -0.1) is 0 Å². The number of H-pyrrole nitrogens is 1. The summed E-state index contributed by atoms with van der Waals surface area (Å²) >= 11 is 0. The van der Waals surface area contributed by atoms with Crippen LogP contribution in [-0.2, 0) is 9.84 Å². The first-order chi connectivity index (χ1) is 12.7. The number of carbonyl (C=O) groups excluding carboxylic acids is 1. The van der Waals surface area contributed by atoms with Gasteiger partial charge in [0.15, 0.2) is 10.8 Å². The van der Waals surface area contributed by atoms with E-state index in [1.54, 1.807) is 49.6 Å². The number of benzene rings is 1. The van der Waals surface area contributed by atoms with E-state index in [0.29, 0.717) is 5.39 Å². The molecular formula is C19H20N4O3S. The zero-order valence-electron chi connectivity index (χ0n) is 15.2. The van der Waals surface area contributed by atoms with E-state index in [0.717, 1.165) is 5.56 Å². The third-order valence-corrected chi connectivity index (χ3v) is 5.78. The van der Waals surface area contributed by atoms with Crippen molar-refractivity contribution in [2.45, 2.75) is 16.8 Å². The average molecular weight is 384 g/mol. The Morgan fingerprint density at radius 1 is 1.19 bits per heavy atom. The highest BCUT2D eigenvalue weighted by Crippen LogP contribution is 2.32. The first-order valence-corrected chi connectivity index (χ1v) is 9.67. The number of nitrogens with one attached hydrogen (secondary N) is 1. The van der Waals surface area contributed by atoms with E-state index in [1.165, 1.54) is 18.2 Å². The largest absolute Gasteiger partial charge is 0.396 e. The predicted octanol–water partition coefficient (Wildman–Crippen LogP) is 2.54. The van der Waals surface area contributed by atoms with Crippen LogP contribution in [0.2, 0.25) is 0 Å². The summed E-state index contributed by atoms with van der Waals surface area (Å²) in [5.41, 5.74) is 7.32. The Balaban J connectivity index is 2.24. The van der Waals surface area contributed by atoms with E-state index in [2.05, 4.69) is 9.97 Å². The SMILES string of the molecule is Cc1ccc(S(=O)(=O)c2nc3[nH]ccc3c(C(=O)/C=C/N(C)C)c2N)cc1. The zero-order valence-corrected chi connectivity index (χ0v) is 16.0. The normalized spacial score (nSPS) is 12.0. The molecule has 0 aliphatic carbocycles. The molecule has 0 atom stereocenters. The molecule has 0 saturated heterocycles. The lowest BCUT2D eigenvalue weighted by Gasteiger charge is -2.12. The molecule has 1 aromatic carbocycles. The van der Waals surface area contributed by atoms with Crippen molar-refractivity contribution in [2.24, 2.45) is 0 Å². The van der Waals surface area contributed by atoms with Crippen LogP contribution in [0.5, 0.6) is 0 Å². The minimum atomic E-state index is -3.99. The van der Waals surface area contributed by atoms with E-state index in [1.807, 2.05) is 6.92 Å². The highest BCUT2D eigenvalue weighted by Gasteiger charge is 2.27. The number of allylic oxidation sites excluding steroid dienone is 1.